The second-order valence-corrected chi connectivity index (χ2v) is 23.1. The topological polar surface area (TPSA) is 252 Å². The van der Waals surface area contributed by atoms with E-state index < -0.39 is 50.3 Å². The third kappa shape index (κ3) is 9.89. The lowest BCUT2D eigenvalue weighted by molar-refractivity contribution is -0.155. The number of aryl methyl sites for hydroxylation is 1. The second-order valence-electron chi connectivity index (χ2n) is 20.7. The molecule has 21 nitrogen and oxygen atoms in total. The number of likely N-dealkylation sites (tertiary alicyclic amines) is 1. The number of fused-ring (bicyclic) bond motifs is 4. The van der Waals surface area contributed by atoms with Crippen molar-refractivity contribution >= 4 is 77.4 Å². The summed E-state index contributed by atoms with van der Waals surface area (Å²) < 4.78 is 21.4. The largest absolute Gasteiger partial charge is 0.480 e. The van der Waals surface area contributed by atoms with Crippen molar-refractivity contribution in [3.63, 3.8) is 0 Å². The molecule has 5 aromatic rings. The summed E-state index contributed by atoms with van der Waals surface area (Å²) in [6.07, 6.45) is 10.8. The Hall–Kier alpha value is -6.65. The Morgan fingerprint density at radius 3 is 2.32 bits per heavy atom. The zero-order valence-corrected chi connectivity index (χ0v) is 45.0. The monoisotopic (exact) mass is 1090 g/mol. The number of anilines is 5. The lowest BCUT2D eigenvalue weighted by Gasteiger charge is -2.48. The predicted octanol–water partition coefficient (Wildman–Crippen LogP) is 6.24. The van der Waals surface area contributed by atoms with E-state index in [0.717, 1.165) is 85.7 Å². The minimum atomic E-state index is -5.01. The predicted molar refractivity (Wildman–Crippen MR) is 287 cm³/mol. The minimum Gasteiger partial charge on any atom is -0.480 e. The van der Waals surface area contributed by atoms with Gasteiger partial charge in [-0.05, 0) is 131 Å². The van der Waals surface area contributed by atoms with Gasteiger partial charge in [0.15, 0.2) is 0 Å². The lowest BCUT2D eigenvalue weighted by Crippen LogP contribution is -2.58. The first-order chi connectivity index (χ1) is 37.0. The number of methoxy groups -OCH3 is 1. The highest BCUT2D eigenvalue weighted by molar-refractivity contribution is 7.46. The van der Waals surface area contributed by atoms with Gasteiger partial charge >= 0.3 is 7.82 Å². The Bertz CT molecular complexity index is 3240. The van der Waals surface area contributed by atoms with Crippen molar-refractivity contribution in [3.8, 4) is 17.0 Å². The summed E-state index contributed by atoms with van der Waals surface area (Å²) in [6.45, 7) is 8.76. The van der Waals surface area contributed by atoms with Gasteiger partial charge in [-0.15, -0.1) is 11.3 Å². The first kappa shape index (κ1) is 52.4. The molecule has 1 aliphatic carbocycles. The second kappa shape index (κ2) is 21.0. The normalized spacial score (nSPS) is 22.6. The van der Waals surface area contributed by atoms with Gasteiger partial charge in [0.25, 0.3) is 23.6 Å². The Kier molecular flexibility index (Phi) is 14.3. The molecule has 6 aliphatic rings. The number of aliphatic hydroxyl groups is 1. The van der Waals surface area contributed by atoms with E-state index in [1.807, 2.05) is 30.5 Å². The van der Waals surface area contributed by atoms with Gasteiger partial charge in [0.05, 0.1) is 41.1 Å². The molecule has 0 radical (unpaired) electrons. The van der Waals surface area contributed by atoms with Crippen molar-refractivity contribution < 1.29 is 52.7 Å². The minimum absolute atomic E-state index is 0.0651. The van der Waals surface area contributed by atoms with Crippen LogP contribution in [0.3, 0.4) is 0 Å². The van der Waals surface area contributed by atoms with Gasteiger partial charge < -0.3 is 34.7 Å². The van der Waals surface area contributed by atoms with E-state index in [2.05, 4.69) is 49.4 Å². The van der Waals surface area contributed by atoms with Gasteiger partial charge in [-0.25, -0.2) is 19.5 Å². The highest BCUT2D eigenvalue weighted by Crippen LogP contribution is 2.43. The van der Waals surface area contributed by atoms with E-state index in [-0.39, 0.29) is 42.0 Å². The number of thiophene rings is 1. The van der Waals surface area contributed by atoms with Gasteiger partial charge in [-0.2, -0.15) is 0 Å². The van der Waals surface area contributed by atoms with Crippen molar-refractivity contribution in [3.05, 3.63) is 98.6 Å². The molecule has 0 bridgehead atoms. The number of nitrogens with zero attached hydrogens (tertiary/aromatic N) is 9. The maximum Gasteiger partial charge on any atom is 0.471 e. The van der Waals surface area contributed by atoms with Crippen LogP contribution in [0.25, 0.3) is 11.1 Å². The fourth-order valence-corrected chi connectivity index (χ4v) is 13.9. The summed E-state index contributed by atoms with van der Waals surface area (Å²) in [7, 11) is -3.45. The molecule has 5 atom stereocenters. The van der Waals surface area contributed by atoms with E-state index in [1.165, 1.54) is 16.0 Å². The Morgan fingerprint density at radius 2 is 1.58 bits per heavy atom. The van der Waals surface area contributed by atoms with Crippen molar-refractivity contribution in [1.29, 1.82) is 0 Å². The summed E-state index contributed by atoms with van der Waals surface area (Å²) in [5, 5.41) is 14.7. The summed E-state index contributed by atoms with van der Waals surface area (Å²) in [4.78, 5) is 112. The van der Waals surface area contributed by atoms with Crippen LogP contribution in [0.5, 0.6) is 5.88 Å². The number of benzene rings is 1. The summed E-state index contributed by atoms with van der Waals surface area (Å²) >= 11 is 1.62. The van der Waals surface area contributed by atoms with Crippen LogP contribution in [0.2, 0.25) is 0 Å². The molecule has 1 aromatic carbocycles. The molecule has 4 aromatic heterocycles. The molecule has 3 fully saturated rings. The average Bonchev–Trinajstić information content (AvgIpc) is 4.03. The van der Waals surface area contributed by atoms with Gasteiger partial charge in [-0.3, -0.25) is 48.1 Å². The van der Waals surface area contributed by atoms with Crippen LogP contribution in [0.15, 0.2) is 61.1 Å². The lowest BCUT2D eigenvalue weighted by atomic mass is 9.91. The van der Waals surface area contributed by atoms with E-state index >= 15 is 0 Å². The molecule has 77 heavy (non-hydrogen) atoms. The molecule has 5 amide bonds. The molecule has 3 saturated heterocycles. The maximum absolute atomic E-state index is 14.1. The number of amides is 5. The first-order valence-electron chi connectivity index (χ1n) is 26.2. The van der Waals surface area contributed by atoms with Crippen LogP contribution in [-0.4, -0.2) is 145 Å². The molecule has 23 heteroatoms. The first-order valence-corrected chi connectivity index (χ1v) is 28.6. The Morgan fingerprint density at radius 1 is 0.805 bits per heavy atom. The number of rotatable bonds is 13. The number of hydrogen-bond donors (Lipinski definition) is 4. The number of ether oxygens (including phenoxy) is 1. The molecule has 9 heterocycles. The van der Waals surface area contributed by atoms with Crippen LogP contribution < -0.4 is 24.8 Å². The molecule has 5 aliphatic heterocycles. The van der Waals surface area contributed by atoms with Crippen LogP contribution in [0, 0.1) is 0 Å². The van der Waals surface area contributed by atoms with Crippen molar-refractivity contribution in [2.24, 2.45) is 0 Å². The smallest absolute Gasteiger partial charge is 0.471 e. The van der Waals surface area contributed by atoms with E-state index in [0.29, 0.717) is 63.9 Å². The summed E-state index contributed by atoms with van der Waals surface area (Å²) in [5.74, 6) is -1.66. The molecule has 11 rings (SSSR count). The quantitative estimate of drug-likeness (QED) is 0.0753. The fourth-order valence-electron chi connectivity index (χ4n) is 12.3. The number of phosphoric ester groups is 1. The number of piperazine rings is 1. The molecule has 1 unspecified atom stereocenters. The number of carbonyl (C=O) groups is 5. The van der Waals surface area contributed by atoms with E-state index in [1.54, 1.807) is 54.8 Å². The van der Waals surface area contributed by atoms with Gasteiger partial charge in [0.1, 0.15) is 30.1 Å². The van der Waals surface area contributed by atoms with Crippen molar-refractivity contribution in [1.82, 2.24) is 29.7 Å². The maximum atomic E-state index is 14.1. The number of aromatic nitrogens is 3. The van der Waals surface area contributed by atoms with Gasteiger partial charge in [0.2, 0.25) is 11.8 Å². The zero-order valence-electron chi connectivity index (χ0n) is 43.3. The Labute approximate surface area is 449 Å². The van der Waals surface area contributed by atoms with Gasteiger partial charge in [0, 0.05) is 91.4 Å². The third-order valence-corrected chi connectivity index (χ3v) is 17.8. The van der Waals surface area contributed by atoms with E-state index in [9.17, 15) is 33.6 Å². The molecule has 0 spiro atoms. The number of carbonyl (C=O) groups excluding carboxylic acids is 5. The van der Waals surface area contributed by atoms with Crippen LogP contribution in [0.1, 0.15) is 117 Å². The SMILES string of the molecule is COc1ncc(-c2ccnc(N3CCc4c(sc5c4CCCC5)C3=O)c2[C@@H](C)O)cc1Nc1ccc(N2CCN(C3CCN(c4ccc5c(c4)C(=O)N([C@H]4CCC(=O)N(COP(=O)(O)O)C4=O)C5=O)[C@H](C)C3)C[C@@H]2C)cn1. The van der Waals surface area contributed by atoms with Crippen LogP contribution >= 0.6 is 19.2 Å². The average molecular weight is 1090 g/mol. The van der Waals surface area contributed by atoms with Crippen LogP contribution in [0.4, 0.5) is 28.7 Å². The molecular weight excluding hydrogens is 1030 g/mol. The number of phosphoric acid groups is 1. The van der Waals surface area contributed by atoms with Crippen molar-refractivity contribution in [2.45, 2.75) is 109 Å². The highest BCUT2D eigenvalue weighted by Gasteiger charge is 2.48. The highest BCUT2D eigenvalue weighted by atomic mass is 32.1. The summed E-state index contributed by atoms with van der Waals surface area (Å²) in [6, 6.07) is 12.1. The third-order valence-electron chi connectivity index (χ3n) is 16.1. The Balaban J connectivity index is 0.718. The number of pyridine rings is 3. The zero-order chi connectivity index (χ0) is 54.0. The molecule has 404 valence electrons. The molecular formula is C54H61N10O11PS. The fraction of sp³-hybridized carbons (Fsp3) is 0.444. The van der Waals surface area contributed by atoms with E-state index in [4.69, 9.17) is 24.5 Å². The van der Waals surface area contributed by atoms with Crippen LogP contribution in [-0.2, 0) is 37.9 Å². The standard InChI is InChI=1S/C54H61N10O11PS/c1-30-23-34(16-19-60(30)35-9-11-40-41(25-35)52(68)64(51(40)67)43-12-14-46(66)63(53(43)69)29-75-76(71,72)73)59-21-22-61(31(2)28-59)36-10-13-45(56-27-36)58-42-24-33(26-57-50(42)74-4)37-15-18-55-49(47(37)32(3)65)62-20-17-39-38-7-5-6-8-44(38)77-48(39)54(62)70/h9-11,13,15,18,24-27,30-32,34,43,65H,5-8,12,14,16-17,19-23,28-29H2,1-4H3,(H,56,58)(H2,71,72,73)/t30-,31+,32-,34?,43+/m1/s1. The van der Waals surface area contributed by atoms with Gasteiger partial charge in [-0.1, -0.05) is 0 Å². The molecule has 0 saturated carbocycles. The number of imide groups is 2. The number of aliphatic hydroxyl groups excluding tert-OH is 1. The van der Waals surface area contributed by atoms with Crippen molar-refractivity contribution in [2.75, 3.05) is 66.6 Å². The summed E-state index contributed by atoms with van der Waals surface area (Å²) in [5.41, 5.74) is 7.18. The number of hydrogen-bond acceptors (Lipinski definition) is 17. The number of piperidine rings is 2. The molecule has 4 N–H and O–H groups in total. The number of nitrogens with one attached hydrogen (secondary N) is 1.